The Kier molecular flexibility index (Phi) is 7.01. The minimum absolute atomic E-state index is 0.0217. The Morgan fingerprint density at radius 1 is 0.974 bits per heavy atom. The van der Waals surface area contributed by atoms with Crippen molar-refractivity contribution in [3.05, 3.63) is 88.4 Å². The first-order valence-corrected chi connectivity index (χ1v) is 14.2. The van der Waals surface area contributed by atoms with Crippen LogP contribution >= 0.6 is 0 Å². The van der Waals surface area contributed by atoms with Crippen LogP contribution in [0.3, 0.4) is 0 Å². The van der Waals surface area contributed by atoms with Crippen LogP contribution in [-0.2, 0) is 30.9 Å². The molecule has 0 radical (unpaired) electrons. The van der Waals surface area contributed by atoms with Crippen molar-refractivity contribution in [2.45, 2.75) is 62.7 Å². The quantitative estimate of drug-likeness (QED) is 0.336. The molecular formula is C30H30O7S. The predicted octanol–water partition coefficient (Wildman–Crippen LogP) is 5.63. The van der Waals surface area contributed by atoms with E-state index in [2.05, 4.69) is 6.58 Å². The summed E-state index contributed by atoms with van der Waals surface area (Å²) in [6.07, 6.45) is 5.38. The van der Waals surface area contributed by atoms with Crippen LogP contribution in [0.1, 0.15) is 61.1 Å². The Balaban J connectivity index is 1.66. The molecule has 7 nitrogen and oxygen atoms in total. The fourth-order valence-corrected chi connectivity index (χ4v) is 6.39. The summed E-state index contributed by atoms with van der Waals surface area (Å²) >= 11 is 0. The maximum atomic E-state index is 13.2. The highest BCUT2D eigenvalue weighted by Gasteiger charge is 2.42. The molecule has 0 aromatic heterocycles. The van der Waals surface area contributed by atoms with Gasteiger partial charge < -0.3 is 13.7 Å². The molecule has 0 saturated carbocycles. The minimum Gasteiger partial charge on any atom is -0.493 e. The van der Waals surface area contributed by atoms with Gasteiger partial charge in [-0.15, -0.1) is 6.58 Å². The average Bonchev–Trinajstić information content (AvgIpc) is 2.89. The Morgan fingerprint density at radius 3 is 2.13 bits per heavy atom. The van der Waals surface area contributed by atoms with Crippen molar-refractivity contribution in [2.24, 2.45) is 0 Å². The number of aryl methyl sites for hydroxylation is 1. The van der Waals surface area contributed by atoms with Crippen molar-refractivity contribution in [1.82, 2.24) is 0 Å². The number of ketones is 2. The molecule has 0 fully saturated rings. The van der Waals surface area contributed by atoms with Crippen molar-refractivity contribution in [2.75, 3.05) is 7.11 Å². The van der Waals surface area contributed by atoms with Gasteiger partial charge in [-0.05, 0) is 49.9 Å². The van der Waals surface area contributed by atoms with Gasteiger partial charge in [-0.1, -0.05) is 29.8 Å². The Hall–Kier alpha value is -3.65. The van der Waals surface area contributed by atoms with Crippen molar-refractivity contribution in [3.8, 4) is 11.5 Å². The van der Waals surface area contributed by atoms with Gasteiger partial charge in [0.05, 0.1) is 7.11 Å². The largest absolute Gasteiger partial charge is 0.493 e. The first-order valence-electron chi connectivity index (χ1n) is 12.8. The molecule has 2 aliphatic carbocycles. The third-order valence-corrected chi connectivity index (χ3v) is 8.45. The Morgan fingerprint density at radius 2 is 1.58 bits per heavy atom. The van der Waals surface area contributed by atoms with E-state index >= 15 is 0 Å². The first-order chi connectivity index (χ1) is 18.2. The molecule has 0 saturated heterocycles. The molecule has 0 bridgehead atoms. The van der Waals surface area contributed by atoms with Gasteiger partial charge in [0.15, 0.2) is 23.1 Å². The van der Waals surface area contributed by atoms with Gasteiger partial charge in [0, 0.05) is 48.3 Å². The van der Waals surface area contributed by atoms with E-state index in [1.807, 2.05) is 6.92 Å². The number of hydrogen-bond acceptors (Lipinski definition) is 7. The van der Waals surface area contributed by atoms with Gasteiger partial charge in [0.1, 0.15) is 16.4 Å². The summed E-state index contributed by atoms with van der Waals surface area (Å²) in [6.45, 7) is 5.69. The average molecular weight is 535 g/mol. The van der Waals surface area contributed by atoms with Crippen LogP contribution in [0.25, 0.3) is 0 Å². The van der Waals surface area contributed by atoms with E-state index in [9.17, 15) is 18.0 Å². The van der Waals surface area contributed by atoms with Crippen molar-refractivity contribution < 1.29 is 31.7 Å². The molecule has 2 aromatic rings. The lowest BCUT2D eigenvalue weighted by Crippen LogP contribution is -2.30. The lowest BCUT2D eigenvalue weighted by molar-refractivity contribution is -0.117. The van der Waals surface area contributed by atoms with Gasteiger partial charge in [-0.3, -0.25) is 9.59 Å². The summed E-state index contributed by atoms with van der Waals surface area (Å²) in [7, 11) is -2.73. The van der Waals surface area contributed by atoms with Gasteiger partial charge in [0.25, 0.3) is 0 Å². The maximum absolute atomic E-state index is 13.2. The summed E-state index contributed by atoms with van der Waals surface area (Å²) in [5.74, 6) is 0.835. The molecule has 0 N–H and O–H groups in total. The lowest BCUT2D eigenvalue weighted by atomic mass is 9.73. The zero-order chi connectivity index (χ0) is 27.0. The van der Waals surface area contributed by atoms with Gasteiger partial charge in [-0.25, -0.2) is 0 Å². The number of allylic oxidation sites excluding steroid dienone is 5. The minimum atomic E-state index is -4.16. The van der Waals surface area contributed by atoms with E-state index in [0.29, 0.717) is 72.3 Å². The van der Waals surface area contributed by atoms with Crippen LogP contribution in [0.4, 0.5) is 0 Å². The van der Waals surface area contributed by atoms with Crippen LogP contribution in [0.5, 0.6) is 11.5 Å². The number of carbonyl (C=O) groups is 2. The molecule has 1 aliphatic heterocycles. The number of carbonyl (C=O) groups excluding carboxylic acids is 2. The Bertz CT molecular complexity index is 1450. The van der Waals surface area contributed by atoms with Crippen LogP contribution in [0, 0.1) is 6.92 Å². The van der Waals surface area contributed by atoms with Gasteiger partial charge in [-0.2, -0.15) is 8.42 Å². The summed E-state index contributed by atoms with van der Waals surface area (Å²) in [6, 6.07) is 9.84. The van der Waals surface area contributed by atoms with Crippen LogP contribution < -0.4 is 8.92 Å². The van der Waals surface area contributed by atoms with Gasteiger partial charge in [0.2, 0.25) is 0 Å². The molecule has 0 unspecified atom stereocenters. The van der Waals surface area contributed by atoms with Crippen LogP contribution in [0.2, 0.25) is 0 Å². The molecule has 3 aliphatic rings. The fourth-order valence-electron chi connectivity index (χ4n) is 5.42. The highest BCUT2D eigenvalue weighted by molar-refractivity contribution is 7.87. The monoisotopic (exact) mass is 534 g/mol. The predicted molar refractivity (Wildman–Crippen MR) is 141 cm³/mol. The van der Waals surface area contributed by atoms with Crippen molar-refractivity contribution in [3.63, 3.8) is 0 Å². The molecule has 2 aromatic carbocycles. The zero-order valence-corrected chi connectivity index (χ0v) is 22.4. The fraction of sp³-hybridized carbons (Fsp3) is 0.333. The molecular weight excluding hydrogens is 504 g/mol. The molecule has 0 atom stereocenters. The highest BCUT2D eigenvalue weighted by Crippen LogP contribution is 2.49. The van der Waals surface area contributed by atoms with E-state index in [1.54, 1.807) is 30.3 Å². The second-order valence-electron chi connectivity index (χ2n) is 9.82. The van der Waals surface area contributed by atoms with E-state index in [0.717, 1.165) is 5.56 Å². The number of hydrogen-bond donors (Lipinski definition) is 0. The molecule has 198 valence electrons. The smallest absolute Gasteiger partial charge is 0.339 e. The highest BCUT2D eigenvalue weighted by atomic mass is 32.2. The normalized spacial score (nSPS) is 18.1. The zero-order valence-electron chi connectivity index (χ0n) is 21.5. The second-order valence-corrected chi connectivity index (χ2v) is 11.4. The van der Waals surface area contributed by atoms with E-state index in [-0.39, 0.29) is 34.4 Å². The van der Waals surface area contributed by atoms with E-state index in [1.165, 1.54) is 19.2 Å². The van der Waals surface area contributed by atoms with Gasteiger partial charge >= 0.3 is 10.1 Å². The second kappa shape index (κ2) is 10.3. The molecule has 8 heteroatoms. The maximum Gasteiger partial charge on any atom is 0.339 e. The van der Waals surface area contributed by atoms with Crippen molar-refractivity contribution >= 4 is 21.7 Å². The Labute approximate surface area is 222 Å². The number of Topliss-reactive ketones (excluding diaryl/α,β-unsaturated/α-hetero) is 2. The van der Waals surface area contributed by atoms with Crippen LogP contribution in [0.15, 0.2) is 76.6 Å². The number of ether oxygens (including phenoxy) is 2. The number of methoxy groups -OCH3 is 1. The number of benzene rings is 2. The summed E-state index contributed by atoms with van der Waals surface area (Å²) < 4.78 is 43.7. The van der Waals surface area contributed by atoms with E-state index < -0.39 is 16.0 Å². The van der Waals surface area contributed by atoms with Crippen LogP contribution in [-0.4, -0.2) is 27.1 Å². The third-order valence-electron chi connectivity index (χ3n) is 7.22. The molecule has 0 spiro atoms. The summed E-state index contributed by atoms with van der Waals surface area (Å²) in [5, 5.41) is 0. The van der Waals surface area contributed by atoms with Crippen molar-refractivity contribution in [1.29, 1.82) is 0 Å². The first kappa shape index (κ1) is 26.0. The standard InChI is InChI=1S/C30H30O7S/c1-4-7-19-16-20(17-26(35-3)30(19)37-38(33,34)21-14-12-18(2)13-15-21)27-28-22(31)8-5-10-24(28)36-25-11-6-9-23(32)29(25)27/h4,12-17,27H,1,5-11H2,2-3H3. The topological polar surface area (TPSA) is 96.0 Å². The SMILES string of the molecule is C=CCc1cc(C2C3=C(CCCC3=O)OC3=C2C(=O)CCC3)cc(OC)c1OS(=O)(=O)c1ccc(C)cc1. The molecule has 1 heterocycles. The number of rotatable bonds is 7. The third kappa shape index (κ3) is 4.69. The molecule has 5 rings (SSSR count). The lowest BCUT2D eigenvalue weighted by Gasteiger charge is -2.36. The summed E-state index contributed by atoms with van der Waals surface area (Å²) in [5.41, 5.74) is 3.13. The van der Waals surface area contributed by atoms with E-state index in [4.69, 9.17) is 13.7 Å². The molecule has 0 amide bonds. The summed E-state index contributed by atoms with van der Waals surface area (Å²) in [4.78, 5) is 26.4. The molecule has 38 heavy (non-hydrogen) atoms.